The van der Waals surface area contributed by atoms with Gasteiger partial charge in [-0.15, -0.1) is 11.3 Å². The van der Waals surface area contributed by atoms with Gasteiger partial charge in [0.2, 0.25) is 0 Å². The number of thiazole rings is 1. The van der Waals surface area contributed by atoms with Gasteiger partial charge in [-0.1, -0.05) is 24.3 Å². The molecule has 1 aromatic heterocycles. The largest absolute Gasteiger partial charge is 0.544 e. The second-order valence-electron chi connectivity index (χ2n) is 5.38. The molecule has 0 saturated carbocycles. The Labute approximate surface area is 149 Å². The van der Waals surface area contributed by atoms with Gasteiger partial charge in [-0.2, -0.15) is 0 Å². The first kappa shape index (κ1) is 17.0. The Balaban J connectivity index is 1.67. The summed E-state index contributed by atoms with van der Waals surface area (Å²) in [6.07, 6.45) is 0. The number of hydrogen-bond donors (Lipinski definition) is 0. The summed E-state index contributed by atoms with van der Waals surface area (Å²) in [5.74, 6) is 0.358. The lowest BCUT2D eigenvalue weighted by Crippen LogP contribution is -2.21. The van der Waals surface area contributed by atoms with Gasteiger partial charge in [-0.3, -0.25) is 0 Å². The number of carboxylic acid groups (broad SMARTS) is 1. The molecule has 3 rings (SSSR count). The first-order valence-electron chi connectivity index (χ1n) is 7.62. The predicted molar refractivity (Wildman–Crippen MR) is 93.9 cm³/mol. The van der Waals surface area contributed by atoms with Crippen molar-refractivity contribution in [1.29, 1.82) is 0 Å². The van der Waals surface area contributed by atoms with Crippen LogP contribution in [0.1, 0.15) is 20.9 Å². The molecular weight excluding hydrogens is 338 g/mol. The van der Waals surface area contributed by atoms with Gasteiger partial charge in [0.1, 0.15) is 23.1 Å². The number of methoxy groups -OCH3 is 1. The van der Waals surface area contributed by atoms with Gasteiger partial charge in [-0.25, -0.2) is 4.98 Å². The number of benzene rings is 2. The molecule has 0 aliphatic carbocycles. The molecule has 3 aromatic rings. The highest BCUT2D eigenvalue weighted by Gasteiger charge is 2.10. The van der Waals surface area contributed by atoms with E-state index in [0.717, 1.165) is 34.0 Å². The van der Waals surface area contributed by atoms with Gasteiger partial charge in [0.05, 0.1) is 23.7 Å². The van der Waals surface area contributed by atoms with Crippen LogP contribution < -0.4 is 14.6 Å². The molecule has 5 nitrogen and oxygen atoms in total. The number of aryl methyl sites for hydroxylation is 1. The zero-order chi connectivity index (χ0) is 17.8. The molecule has 0 fully saturated rings. The van der Waals surface area contributed by atoms with E-state index in [1.54, 1.807) is 14.0 Å². The van der Waals surface area contributed by atoms with Crippen molar-refractivity contribution in [2.24, 2.45) is 0 Å². The van der Waals surface area contributed by atoms with E-state index in [-0.39, 0.29) is 4.88 Å². The first-order valence-corrected chi connectivity index (χ1v) is 8.43. The van der Waals surface area contributed by atoms with Crippen LogP contribution in [0.2, 0.25) is 0 Å². The normalized spacial score (nSPS) is 10.5. The SMILES string of the molecule is COc1ccc(OCc2ccc(-c3nc(C)c(C(=O)[O-])s3)cc2)cc1. The zero-order valence-corrected chi connectivity index (χ0v) is 14.6. The molecule has 128 valence electrons. The molecule has 1 heterocycles. The summed E-state index contributed by atoms with van der Waals surface area (Å²) in [5.41, 5.74) is 2.36. The van der Waals surface area contributed by atoms with Crippen LogP contribution in [0.3, 0.4) is 0 Å². The van der Waals surface area contributed by atoms with E-state index < -0.39 is 5.97 Å². The van der Waals surface area contributed by atoms with Crippen molar-refractivity contribution in [2.75, 3.05) is 7.11 Å². The highest BCUT2D eigenvalue weighted by Crippen LogP contribution is 2.28. The molecule has 0 aliphatic heterocycles. The minimum Gasteiger partial charge on any atom is -0.544 e. The van der Waals surface area contributed by atoms with Crippen LogP contribution in [0.25, 0.3) is 10.6 Å². The third kappa shape index (κ3) is 3.97. The van der Waals surface area contributed by atoms with Crippen LogP contribution in [-0.2, 0) is 6.61 Å². The van der Waals surface area contributed by atoms with Crippen molar-refractivity contribution >= 4 is 17.3 Å². The molecular formula is C19H16NO4S-. The second kappa shape index (κ2) is 7.36. The Kier molecular flexibility index (Phi) is 5.00. The summed E-state index contributed by atoms with van der Waals surface area (Å²) in [6.45, 7) is 2.11. The van der Waals surface area contributed by atoms with E-state index in [0.29, 0.717) is 17.3 Å². The Morgan fingerprint density at radius 1 is 1.08 bits per heavy atom. The smallest absolute Gasteiger partial charge is 0.124 e. The lowest BCUT2D eigenvalue weighted by atomic mass is 10.1. The van der Waals surface area contributed by atoms with Crippen molar-refractivity contribution < 1.29 is 19.4 Å². The molecule has 0 radical (unpaired) electrons. The van der Waals surface area contributed by atoms with E-state index in [9.17, 15) is 9.90 Å². The van der Waals surface area contributed by atoms with Gasteiger partial charge in [0, 0.05) is 5.56 Å². The number of carbonyl (C=O) groups excluding carboxylic acids is 1. The minimum absolute atomic E-state index is 0.168. The number of nitrogens with zero attached hydrogens (tertiary/aromatic N) is 1. The molecule has 0 aliphatic rings. The summed E-state index contributed by atoms with van der Waals surface area (Å²) >= 11 is 1.12. The van der Waals surface area contributed by atoms with E-state index in [1.165, 1.54) is 0 Å². The van der Waals surface area contributed by atoms with Gasteiger partial charge < -0.3 is 19.4 Å². The second-order valence-corrected chi connectivity index (χ2v) is 6.38. The van der Waals surface area contributed by atoms with Crippen molar-refractivity contribution in [2.45, 2.75) is 13.5 Å². The van der Waals surface area contributed by atoms with E-state index in [4.69, 9.17) is 9.47 Å². The van der Waals surface area contributed by atoms with Crippen LogP contribution in [0.5, 0.6) is 11.5 Å². The molecule has 0 saturated heterocycles. The third-order valence-corrected chi connectivity index (χ3v) is 4.83. The number of ether oxygens (including phenoxy) is 2. The molecule has 25 heavy (non-hydrogen) atoms. The van der Waals surface area contributed by atoms with Crippen LogP contribution in [0, 0.1) is 6.92 Å². The van der Waals surface area contributed by atoms with Crippen molar-refractivity contribution in [3.8, 4) is 22.1 Å². The lowest BCUT2D eigenvalue weighted by molar-refractivity contribution is -0.254. The maximum absolute atomic E-state index is 11.0. The van der Waals surface area contributed by atoms with Crippen molar-refractivity contribution in [1.82, 2.24) is 4.98 Å². The maximum atomic E-state index is 11.0. The lowest BCUT2D eigenvalue weighted by Gasteiger charge is -2.07. The fraction of sp³-hybridized carbons (Fsp3) is 0.158. The number of carbonyl (C=O) groups is 1. The van der Waals surface area contributed by atoms with Crippen LogP contribution >= 0.6 is 11.3 Å². The highest BCUT2D eigenvalue weighted by atomic mass is 32.1. The fourth-order valence-electron chi connectivity index (χ4n) is 2.29. The molecule has 0 N–H and O–H groups in total. The Hall–Kier alpha value is -2.86. The van der Waals surface area contributed by atoms with Gasteiger partial charge in [0.15, 0.2) is 0 Å². The molecule has 0 amide bonds. The molecule has 0 unspecified atom stereocenters. The fourth-order valence-corrected chi connectivity index (χ4v) is 3.20. The summed E-state index contributed by atoms with van der Waals surface area (Å²) in [5, 5.41) is 11.7. The van der Waals surface area contributed by atoms with E-state index in [2.05, 4.69) is 4.98 Å². The summed E-state index contributed by atoms with van der Waals surface area (Å²) in [7, 11) is 1.62. The van der Waals surface area contributed by atoms with E-state index >= 15 is 0 Å². The number of hydrogen-bond acceptors (Lipinski definition) is 6. The van der Waals surface area contributed by atoms with Crippen LogP contribution in [0.4, 0.5) is 0 Å². The van der Waals surface area contributed by atoms with E-state index in [1.807, 2.05) is 48.5 Å². The number of carboxylic acids is 1. The zero-order valence-electron chi connectivity index (χ0n) is 13.8. The molecule has 2 aromatic carbocycles. The number of aromatic carboxylic acids is 1. The molecule has 0 spiro atoms. The van der Waals surface area contributed by atoms with Gasteiger partial charge >= 0.3 is 0 Å². The highest BCUT2D eigenvalue weighted by molar-refractivity contribution is 7.17. The average molecular weight is 354 g/mol. The Bertz CT molecular complexity index is 869. The predicted octanol–water partition coefficient (Wildman–Crippen LogP) is 3.07. The Morgan fingerprint density at radius 3 is 2.28 bits per heavy atom. The van der Waals surface area contributed by atoms with Gasteiger partial charge in [-0.05, 0) is 36.8 Å². The standard InChI is InChI=1S/C19H17NO4S/c1-12-17(19(21)22)25-18(20-12)14-5-3-13(4-6-14)11-24-16-9-7-15(23-2)8-10-16/h3-10H,11H2,1-2H3,(H,21,22)/p-1. The molecule has 0 bridgehead atoms. The van der Waals surface area contributed by atoms with Crippen molar-refractivity contribution in [3.63, 3.8) is 0 Å². The number of aromatic nitrogens is 1. The molecule has 0 atom stereocenters. The topological polar surface area (TPSA) is 71.5 Å². The van der Waals surface area contributed by atoms with Gasteiger partial charge in [0.25, 0.3) is 0 Å². The minimum atomic E-state index is -1.19. The Morgan fingerprint density at radius 2 is 1.72 bits per heavy atom. The maximum Gasteiger partial charge on any atom is 0.124 e. The van der Waals surface area contributed by atoms with Crippen molar-refractivity contribution in [3.05, 3.63) is 64.7 Å². The number of rotatable bonds is 6. The third-order valence-electron chi connectivity index (χ3n) is 3.65. The quantitative estimate of drug-likeness (QED) is 0.680. The summed E-state index contributed by atoms with van der Waals surface area (Å²) in [4.78, 5) is 15.5. The monoisotopic (exact) mass is 354 g/mol. The summed E-state index contributed by atoms with van der Waals surface area (Å²) < 4.78 is 10.8. The van der Waals surface area contributed by atoms with Crippen LogP contribution in [-0.4, -0.2) is 18.1 Å². The first-order chi connectivity index (χ1) is 12.1. The average Bonchev–Trinajstić information content (AvgIpc) is 3.03. The molecule has 6 heteroatoms. The van der Waals surface area contributed by atoms with Crippen LogP contribution in [0.15, 0.2) is 48.5 Å². The summed E-state index contributed by atoms with van der Waals surface area (Å²) in [6, 6.07) is 15.1.